The van der Waals surface area contributed by atoms with E-state index in [1.165, 1.54) is 22.3 Å². The predicted molar refractivity (Wildman–Crippen MR) is 133 cm³/mol. The molecule has 0 aliphatic heterocycles. The van der Waals surface area contributed by atoms with Crippen molar-refractivity contribution < 1.29 is 24.2 Å². The Kier molecular flexibility index (Phi) is 8.06. The predicted octanol–water partition coefficient (Wildman–Crippen LogP) is 4.70. The molecule has 0 heterocycles. The zero-order chi connectivity index (χ0) is 24.8. The zero-order valence-corrected chi connectivity index (χ0v) is 20.2. The second-order valence-electron chi connectivity index (χ2n) is 9.65. The Morgan fingerprint density at radius 1 is 1.03 bits per heavy atom. The summed E-state index contributed by atoms with van der Waals surface area (Å²) in [6.45, 7) is 2.55. The summed E-state index contributed by atoms with van der Waals surface area (Å²) in [5.74, 6) is -0.963. The SMILES string of the molecule is CCC(CNC(=O)C[C@@H]1CCC[C@H]1NC(=O)OCC1c2ccccc2-c2ccccc21)CC(=O)O. The Morgan fingerprint density at radius 2 is 1.69 bits per heavy atom. The smallest absolute Gasteiger partial charge is 0.407 e. The van der Waals surface area contributed by atoms with Crippen LogP contribution in [0.1, 0.15) is 62.5 Å². The summed E-state index contributed by atoms with van der Waals surface area (Å²) in [7, 11) is 0. The fraction of sp³-hybridized carbons (Fsp3) is 0.464. The van der Waals surface area contributed by atoms with Gasteiger partial charge >= 0.3 is 12.1 Å². The van der Waals surface area contributed by atoms with E-state index in [-0.39, 0.29) is 42.7 Å². The van der Waals surface area contributed by atoms with E-state index < -0.39 is 12.1 Å². The van der Waals surface area contributed by atoms with Crippen LogP contribution in [0, 0.1) is 11.8 Å². The maximum absolute atomic E-state index is 12.7. The molecule has 0 bridgehead atoms. The number of aliphatic carboxylic acids is 1. The molecule has 7 nitrogen and oxygen atoms in total. The summed E-state index contributed by atoms with van der Waals surface area (Å²) >= 11 is 0. The summed E-state index contributed by atoms with van der Waals surface area (Å²) < 4.78 is 5.68. The average Bonchev–Trinajstić information content (AvgIpc) is 3.41. The van der Waals surface area contributed by atoms with Crippen LogP contribution in [-0.4, -0.2) is 42.3 Å². The van der Waals surface area contributed by atoms with E-state index in [9.17, 15) is 14.4 Å². The van der Waals surface area contributed by atoms with Gasteiger partial charge in [0.2, 0.25) is 5.91 Å². The fourth-order valence-electron chi connectivity index (χ4n) is 5.44. The summed E-state index contributed by atoms with van der Waals surface area (Å²) in [5.41, 5.74) is 4.72. The Bertz CT molecular complexity index is 1020. The third kappa shape index (κ3) is 6.02. The first-order valence-electron chi connectivity index (χ1n) is 12.6. The van der Waals surface area contributed by atoms with Crippen LogP contribution < -0.4 is 10.6 Å². The van der Waals surface area contributed by atoms with Crippen molar-refractivity contribution in [3.8, 4) is 11.1 Å². The molecule has 2 aliphatic rings. The summed E-state index contributed by atoms with van der Waals surface area (Å²) in [6.07, 6.45) is 3.25. The highest BCUT2D eigenvalue weighted by Crippen LogP contribution is 2.44. The molecule has 2 aromatic carbocycles. The minimum absolute atomic E-state index is 0.00983. The maximum atomic E-state index is 12.7. The minimum Gasteiger partial charge on any atom is -0.481 e. The molecule has 2 aromatic rings. The molecule has 0 spiro atoms. The Hall–Kier alpha value is -3.35. The van der Waals surface area contributed by atoms with Crippen molar-refractivity contribution in [3.63, 3.8) is 0 Å². The van der Waals surface area contributed by atoms with Gasteiger partial charge in [-0.05, 0) is 46.9 Å². The minimum atomic E-state index is -0.853. The molecular weight excluding hydrogens is 444 g/mol. The summed E-state index contributed by atoms with van der Waals surface area (Å²) in [4.78, 5) is 36.1. The maximum Gasteiger partial charge on any atom is 0.407 e. The second kappa shape index (κ2) is 11.4. The molecule has 2 amide bonds. The molecule has 0 saturated heterocycles. The normalized spacial score (nSPS) is 19.5. The standard InChI is InChI=1S/C28H34N2O5/c1-2-18(14-27(32)33)16-29-26(31)15-19-8-7-13-25(19)30-28(34)35-17-24-22-11-5-3-9-20(22)21-10-4-6-12-23(21)24/h3-6,9-12,18-19,24-25H,2,7-8,13-17H2,1H3,(H,29,31)(H,30,34)(H,32,33)/t18?,19-,25+/m0/s1. The third-order valence-corrected chi connectivity index (χ3v) is 7.38. The van der Waals surface area contributed by atoms with Gasteiger partial charge in [0.05, 0.1) is 0 Å². The van der Waals surface area contributed by atoms with Gasteiger partial charge < -0.3 is 20.5 Å². The van der Waals surface area contributed by atoms with Crippen LogP contribution in [0.5, 0.6) is 0 Å². The van der Waals surface area contributed by atoms with Crippen molar-refractivity contribution in [2.75, 3.05) is 13.2 Å². The zero-order valence-electron chi connectivity index (χ0n) is 20.2. The number of amides is 2. The number of alkyl carbamates (subject to hydrolysis) is 1. The molecule has 1 unspecified atom stereocenters. The number of carbonyl (C=O) groups is 3. The van der Waals surface area contributed by atoms with E-state index in [2.05, 4.69) is 34.9 Å². The van der Waals surface area contributed by atoms with Crippen LogP contribution in [0.2, 0.25) is 0 Å². The lowest BCUT2D eigenvalue weighted by Crippen LogP contribution is -2.40. The fourth-order valence-corrected chi connectivity index (χ4v) is 5.44. The Balaban J connectivity index is 1.27. The monoisotopic (exact) mass is 478 g/mol. The van der Waals surface area contributed by atoms with E-state index in [1.807, 2.05) is 31.2 Å². The molecule has 35 heavy (non-hydrogen) atoms. The number of hydrogen-bond donors (Lipinski definition) is 3. The van der Waals surface area contributed by atoms with Crippen LogP contribution in [-0.2, 0) is 14.3 Å². The van der Waals surface area contributed by atoms with Crippen LogP contribution >= 0.6 is 0 Å². The lowest BCUT2D eigenvalue weighted by Gasteiger charge is -2.22. The second-order valence-corrected chi connectivity index (χ2v) is 9.65. The molecule has 186 valence electrons. The van der Waals surface area contributed by atoms with Gasteiger partial charge in [-0.15, -0.1) is 0 Å². The first kappa shape index (κ1) is 24.8. The van der Waals surface area contributed by atoms with Crippen LogP contribution in [0.3, 0.4) is 0 Å². The highest BCUT2D eigenvalue weighted by atomic mass is 16.5. The molecule has 2 aliphatic carbocycles. The Morgan fingerprint density at radius 3 is 2.31 bits per heavy atom. The van der Waals surface area contributed by atoms with E-state index in [0.29, 0.717) is 19.4 Å². The highest BCUT2D eigenvalue weighted by Gasteiger charge is 2.32. The molecule has 3 N–H and O–H groups in total. The van der Waals surface area contributed by atoms with Gasteiger partial charge in [-0.2, -0.15) is 0 Å². The van der Waals surface area contributed by atoms with Crippen molar-refractivity contribution in [1.29, 1.82) is 0 Å². The first-order chi connectivity index (χ1) is 17.0. The largest absolute Gasteiger partial charge is 0.481 e. The number of hydrogen-bond acceptors (Lipinski definition) is 4. The molecule has 3 atom stereocenters. The number of fused-ring (bicyclic) bond motifs is 3. The molecule has 0 aromatic heterocycles. The van der Waals surface area contributed by atoms with Gasteiger partial charge in [0, 0.05) is 31.3 Å². The quantitative estimate of drug-likeness (QED) is 0.459. The van der Waals surface area contributed by atoms with E-state index >= 15 is 0 Å². The number of carboxylic acid groups (broad SMARTS) is 1. The van der Waals surface area contributed by atoms with Gasteiger partial charge in [-0.1, -0.05) is 68.3 Å². The lowest BCUT2D eigenvalue weighted by molar-refractivity contribution is -0.138. The van der Waals surface area contributed by atoms with Gasteiger partial charge in [-0.3, -0.25) is 9.59 Å². The molecular formula is C28H34N2O5. The van der Waals surface area contributed by atoms with E-state index in [4.69, 9.17) is 9.84 Å². The van der Waals surface area contributed by atoms with Gasteiger partial charge in [0.25, 0.3) is 0 Å². The number of ether oxygens (including phenoxy) is 1. The molecule has 4 rings (SSSR count). The third-order valence-electron chi connectivity index (χ3n) is 7.38. The van der Waals surface area contributed by atoms with Crippen molar-refractivity contribution in [2.45, 2.75) is 57.4 Å². The number of carbonyl (C=O) groups excluding carboxylic acids is 2. The average molecular weight is 479 g/mol. The van der Waals surface area contributed by atoms with Gasteiger partial charge in [0.1, 0.15) is 6.61 Å². The van der Waals surface area contributed by atoms with Gasteiger partial charge in [-0.25, -0.2) is 4.79 Å². The van der Waals surface area contributed by atoms with Crippen LogP contribution in [0.4, 0.5) is 4.79 Å². The molecule has 1 fully saturated rings. The Labute approximate surface area is 206 Å². The number of nitrogens with one attached hydrogen (secondary N) is 2. The van der Waals surface area contributed by atoms with Crippen LogP contribution in [0.15, 0.2) is 48.5 Å². The van der Waals surface area contributed by atoms with E-state index in [0.717, 1.165) is 19.3 Å². The first-order valence-corrected chi connectivity index (χ1v) is 12.6. The number of carboxylic acids is 1. The molecule has 0 radical (unpaired) electrons. The number of benzene rings is 2. The summed E-state index contributed by atoms with van der Waals surface area (Å²) in [5, 5.41) is 14.8. The number of rotatable bonds is 10. The van der Waals surface area contributed by atoms with Crippen molar-refractivity contribution in [3.05, 3.63) is 59.7 Å². The van der Waals surface area contributed by atoms with Crippen molar-refractivity contribution in [2.24, 2.45) is 11.8 Å². The lowest BCUT2D eigenvalue weighted by atomic mass is 9.98. The van der Waals surface area contributed by atoms with Crippen molar-refractivity contribution >= 4 is 18.0 Å². The highest BCUT2D eigenvalue weighted by molar-refractivity contribution is 5.79. The molecule has 1 saturated carbocycles. The van der Waals surface area contributed by atoms with Gasteiger partial charge in [0.15, 0.2) is 0 Å². The summed E-state index contributed by atoms with van der Waals surface area (Å²) in [6, 6.07) is 16.4. The van der Waals surface area contributed by atoms with Crippen LogP contribution in [0.25, 0.3) is 11.1 Å². The topological polar surface area (TPSA) is 105 Å². The van der Waals surface area contributed by atoms with Crippen molar-refractivity contribution in [1.82, 2.24) is 10.6 Å². The molecule has 7 heteroatoms. The van der Waals surface area contributed by atoms with E-state index in [1.54, 1.807) is 0 Å².